The molecule has 0 unspecified atom stereocenters. The molecule has 0 aromatic heterocycles. The molecule has 4 aliphatic rings. The standard InChI is InChI=1S/C70H59N/c1-43-27-28-44(2)55(37-43)56-40-64-67(53-25-14-13-24-51(53)56)54-33-31-47(38-60(54)69(64,5)6)71(65-26-16-15-22-49(65)45-19-9-7-10-20-45)48-30-32-52-57-41-61-58(42-63(57)70(62(52)39-48)35-17-8-18-36-70)66-50-23-12-11-21-46(50)29-34-59(66)68(61,3)4/h7,9-16,19-34,37-42H,8,17-18,35-36H2,1-6H3. The Kier molecular flexibility index (Phi) is 9.11. The highest BCUT2D eigenvalue weighted by atomic mass is 15.1. The first-order valence-corrected chi connectivity index (χ1v) is 26.1. The number of rotatable bonds is 5. The SMILES string of the molecule is Cc1ccc(C)c(-c2cc3c(c4ccccc24)-c2ccc(N(c4ccc5c(c4)C4(CCCCC4)c4cc6c(cc4-5)C(C)(C)c4ccc5ccccc5c4-6)c4ccccc4-c4ccccc4)cc2C3(C)C)c1. The summed E-state index contributed by atoms with van der Waals surface area (Å²) in [6, 6.07) is 72.6. The molecule has 10 aromatic carbocycles. The summed E-state index contributed by atoms with van der Waals surface area (Å²) in [7, 11) is 0. The highest BCUT2D eigenvalue weighted by Gasteiger charge is 2.47. The first-order chi connectivity index (χ1) is 34.5. The second kappa shape index (κ2) is 15.3. The molecule has 0 radical (unpaired) electrons. The minimum atomic E-state index is -0.244. The first-order valence-electron chi connectivity index (χ1n) is 26.1. The molecule has 1 spiro atoms. The number of aryl methyl sites for hydroxylation is 2. The highest BCUT2D eigenvalue weighted by Crippen LogP contribution is 2.62. The maximum atomic E-state index is 2.67. The molecule has 14 rings (SSSR count). The minimum absolute atomic E-state index is 0.0496. The van der Waals surface area contributed by atoms with Gasteiger partial charge in [-0.1, -0.05) is 192 Å². The molecule has 10 aromatic rings. The van der Waals surface area contributed by atoms with Crippen LogP contribution in [-0.2, 0) is 16.2 Å². The maximum absolute atomic E-state index is 2.67. The van der Waals surface area contributed by atoms with Crippen molar-refractivity contribution in [2.75, 3.05) is 4.90 Å². The number of fused-ring (bicyclic) bond motifs is 15. The number of benzene rings is 10. The van der Waals surface area contributed by atoms with E-state index in [9.17, 15) is 0 Å². The predicted molar refractivity (Wildman–Crippen MR) is 301 cm³/mol. The third-order valence-electron chi connectivity index (χ3n) is 17.8. The molecule has 0 heterocycles. The van der Waals surface area contributed by atoms with Crippen molar-refractivity contribution in [2.24, 2.45) is 0 Å². The summed E-state index contributed by atoms with van der Waals surface area (Å²) in [5.74, 6) is 0. The van der Waals surface area contributed by atoms with Crippen LogP contribution < -0.4 is 4.90 Å². The number of hydrogen-bond donors (Lipinski definition) is 0. The predicted octanol–water partition coefficient (Wildman–Crippen LogP) is 19.3. The molecule has 1 nitrogen and oxygen atoms in total. The largest absolute Gasteiger partial charge is 0.310 e. The zero-order valence-electron chi connectivity index (χ0n) is 41.9. The van der Waals surface area contributed by atoms with Crippen molar-refractivity contribution in [1.29, 1.82) is 0 Å². The lowest BCUT2D eigenvalue weighted by Gasteiger charge is -2.37. The average Bonchev–Trinajstić information content (AvgIpc) is 3.89. The van der Waals surface area contributed by atoms with Gasteiger partial charge in [-0.3, -0.25) is 0 Å². The molecule has 0 amide bonds. The Morgan fingerprint density at radius 3 is 1.77 bits per heavy atom. The Morgan fingerprint density at radius 1 is 0.366 bits per heavy atom. The lowest BCUT2D eigenvalue weighted by molar-refractivity contribution is 0.353. The van der Waals surface area contributed by atoms with Crippen molar-refractivity contribution < 1.29 is 0 Å². The van der Waals surface area contributed by atoms with Crippen molar-refractivity contribution in [1.82, 2.24) is 0 Å². The van der Waals surface area contributed by atoms with Gasteiger partial charge in [-0.2, -0.15) is 0 Å². The third kappa shape index (κ3) is 5.99. The molecule has 71 heavy (non-hydrogen) atoms. The van der Waals surface area contributed by atoms with Gasteiger partial charge in [0.1, 0.15) is 0 Å². The summed E-state index contributed by atoms with van der Waals surface area (Å²) in [5.41, 5.74) is 28.0. The maximum Gasteiger partial charge on any atom is 0.0540 e. The second-order valence-electron chi connectivity index (χ2n) is 22.4. The third-order valence-corrected chi connectivity index (χ3v) is 17.8. The van der Waals surface area contributed by atoms with E-state index in [1.165, 1.54) is 165 Å². The smallest absolute Gasteiger partial charge is 0.0540 e. The molecule has 0 N–H and O–H groups in total. The number of anilines is 3. The fraction of sp³-hybridized carbons (Fsp3) is 0.200. The summed E-state index contributed by atoms with van der Waals surface area (Å²) in [4.78, 5) is 2.59. The summed E-state index contributed by atoms with van der Waals surface area (Å²) >= 11 is 0. The van der Waals surface area contributed by atoms with Crippen molar-refractivity contribution >= 4 is 38.6 Å². The second-order valence-corrected chi connectivity index (χ2v) is 22.4. The molecule has 344 valence electrons. The van der Waals surface area contributed by atoms with E-state index < -0.39 is 0 Å². The molecule has 0 aliphatic heterocycles. The Bertz CT molecular complexity index is 3880. The highest BCUT2D eigenvalue weighted by molar-refractivity contribution is 6.10. The number of hydrogen-bond acceptors (Lipinski definition) is 1. The van der Waals surface area contributed by atoms with Crippen LogP contribution in [0.5, 0.6) is 0 Å². The summed E-state index contributed by atoms with van der Waals surface area (Å²) in [6.45, 7) is 14.3. The monoisotopic (exact) mass is 913 g/mol. The van der Waals surface area contributed by atoms with Crippen LogP contribution in [0.25, 0.3) is 77.2 Å². The van der Waals surface area contributed by atoms with E-state index in [1.807, 2.05) is 0 Å². The van der Waals surface area contributed by atoms with E-state index in [1.54, 1.807) is 5.56 Å². The molecule has 1 saturated carbocycles. The molecule has 0 bridgehead atoms. The lowest BCUT2D eigenvalue weighted by atomic mass is 9.67. The van der Waals surface area contributed by atoms with Crippen LogP contribution in [0, 0.1) is 13.8 Å². The van der Waals surface area contributed by atoms with Crippen LogP contribution in [0.4, 0.5) is 17.1 Å². The van der Waals surface area contributed by atoms with E-state index in [4.69, 9.17) is 0 Å². The topological polar surface area (TPSA) is 3.24 Å². The Hall–Kier alpha value is -7.48. The van der Waals surface area contributed by atoms with Crippen LogP contribution in [0.1, 0.15) is 104 Å². The van der Waals surface area contributed by atoms with Gasteiger partial charge >= 0.3 is 0 Å². The van der Waals surface area contributed by atoms with Crippen molar-refractivity contribution in [3.63, 3.8) is 0 Å². The van der Waals surface area contributed by atoms with E-state index in [-0.39, 0.29) is 16.2 Å². The summed E-state index contributed by atoms with van der Waals surface area (Å²) in [6.07, 6.45) is 6.12. The zero-order chi connectivity index (χ0) is 48.0. The van der Waals surface area contributed by atoms with Crippen LogP contribution >= 0.6 is 0 Å². The molecular formula is C70H59N. The molecule has 1 fully saturated rings. The number of para-hydroxylation sites is 1. The van der Waals surface area contributed by atoms with Gasteiger partial charge in [-0.15, -0.1) is 0 Å². The van der Waals surface area contributed by atoms with Crippen LogP contribution in [-0.4, -0.2) is 0 Å². The molecule has 1 heteroatoms. The summed E-state index contributed by atoms with van der Waals surface area (Å²) < 4.78 is 0. The fourth-order valence-electron chi connectivity index (χ4n) is 14.2. The van der Waals surface area contributed by atoms with Gasteiger partial charge in [0, 0.05) is 33.2 Å². The molecule has 0 atom stereocenters. The first kappa shape index (κ1) is 42.4. The van der Waals surface area contributed by atoms with Gasteiger partial charge in [-0.05, 0) is 186 Å². The Labute approximate surface area is 419 Å². The summed E-state index contributed by atoms with van der Waals surface area (Å²) in [5, 5.41) is 5.33. The van der Waals surface area contributed by atoms with Crippen molar-refractivity contribution in [3.05, 3.63) is 233 Å². The van der Waals surface area contributed by atoms with Gasteiger partial charge in [0.05, 0.1) is 5.69 Å². The van der Waals surface area contributed by atoms with Gasteiger partial charge in [0.25, 0.3) is 0 Å². The van der Waals surface area contributed by atoms with E-state index >= 15 is 0 Å². The normalized spacial score (nSPS) is 16.1. The van der Waals surface area contributed by atoms with Gasteiger partial charge in [0.15, 0.2) is 0 Å². The van der Waals surface area contributed by atoms with Crippen LogP contribution in [0.15, 0.2) is 188 Å². The van der Waals surface area contributed by atoms with E-state index in [2.05, 4.69) is 234 Å². The van der Waals surface area contributed by atoms with Crippen molar-refractivity contribution in [2.45, 2.75) is 89.9 Å². The van der Waals surface area contributed by atoms with Crippen molar-refractivity contribution in [3.8, 4) is 55.6 Å². The number of nitrogens with zero attached hydrogens (tertiary/aromatic N) is 1. The molecular weight excluding hydrogens is 855 g/mol. The molecule has 0 saturated heterocycles. The Morgan fingerprint density at radius 2 is 0.972 bits per heavy atom. The van der Waals surface area contributed by atoms with Gasteiger partial charge in [0.2, 0.25) is 0 Å². The van der Waals surface area contributed by atoms with Crippen LogP contribution in [0.3, 0.4) is 0 Å². The zero-order valence-corrected chi connectivity index (χ0v) is 41.9. The van der Waals surface area contributed by atoms with Gasteiger partial charge < -0.3 is 4.90 Å². The van der Waals surface area contributed by atoms with Crippen LogP contribution in [0.2, 0.25) is 0 Å². The quantitative estimate of drug-likeness (QED) is 0.166. The fourth-order valence-corrected chi connectivity index (χ4v) is 14.2. The minimum Gasteiger partial charge on any atom is -0.310 e. The Balaban J connectivity index is 0.973. The van der Waals surface area contributed by atoms with E-state index in [0.717, 1.165) is 0 Å². The van der Waals surface area contributed by atoms with Gasteiger partial charge in [-0.25, -0.2) is 0 Å². The lowest BCUT2D eigenvalue weighted by Crippen LogP contribution is -2.28. The molecule has 4 aliphatic carbocycles. The van der Waals surface area contributed by atoms with E-state index in [0.29, 0.717) is 0 Å². The average molecular weight is 914 g/mol.